The molecule has 0 atom stereocenters. The van der Waals surface area contributed by atoms with E-state index >= 15 is 0 Å². The van der Waals surface area contributed by atoms with Gasteiger partial charge in [0.1, 0.15) is 6.61 Å². The molecule has 1 N–H and O–H groups in total. The SMILES string of the molecule is N#CCCOC(=O)C=CO. The van der Waals surface area contributed by atoms with Crippen molar-refractivity contribution in [1.82, 2.24) is 0 Å². The lowest BCUT2D eigenvalue weighted by atomic mass is 10.5. The fourth-order valence-corrected chi connectivity index (χ4v) is 0.306. The number of ether oxygens (including phenoxy) is 1. The second kappa shape index (κ2) is 5.63. The van der Waals surface area contributed by atoms with E-state index in [1.165, 1.54) is 0 Å². The number of carbonyl (C=O) groups excluding carboxylic acids is 1. The minimum atomic E-state index is -0.641. The van der Waals surface area contributed by atoms with Crippen LogP contribution in [0.1, 0.15) is 6.42 Å². The van der Waals surface area contributed by atoms with Crippen LogP contribution in [0.15, 0.2) is 12.3 Å². The first-order valence-corrected chi connectivity index (χ1v) is 2.65. The summed E-state index contributed by atoms with van der Waals surface area (Å²) in [4.78, 5) is 10.3. The molecule has 0 saturated heterocycles. The summed E-state index contributed by atoms with van der Waals surface area (Å²) in [7, 11) is 0. The van der Waals surface area contributed by atoms with Gasteiger partial charge in [-0.25, -0.2) is 4.79 Å². The predicted molar refractivity (Wildman–Crippen MR) is 33.0 cm³/mol. The minimum Gasteiger partial charge on any atom is -0.515 e. The van der Waals surface area contributed by atoms with E-state index in [0.717, 1.165) is 6.08 Å². The molecule has 0 aliphatic carbocycles. The molecule has 0 aromatic carbocycles. The van der Waals surface area contributed by atoms with Crippen LogP contribution in [-0.2, 0) is 9.53 Å². The second-order valence-corrected chi connectivity index (χ2v) is 1.39. The molecule has 0 rings (SSSR count). The topological polar surface area (TPSA) is 70.3 Å². The van der Waals surface area contributed by atoms with Crippen molar-refractivity contribution in [2.24, 2.45) is 0 Å². The number of nitriles is 1. The van der Waals surface area contributed by atoms with Crippen molar-refractivity contribution in [3.63, 3.8) is 0 Å². The quantitative estimate of drug-likeness (QED) is 0.269. The van der Waals surface area contributed by atoms with E-state index in [9.17, 15) is 4.79 Å². The van der Waals surface area contributed by atoms with Gasteiger partial charge in [-0.05, 0) is 0 Å². The van der Waals surface area contributed by atoms with Crippen LogP contribution in [0, 0.1) is 11.3 Å². The monoisotopic (exact) mass is 141 g/mol. The van der Waals surface area contributed by atoms with Crippen molar-refractivity contribution < 1.29 is 14.6 Å². The van der Waals surface area contributed by atoms with Crippen molar-refractivity contribution in [2.75, 3.05) is 6.61 Å². The fourth-order valence-electron chi connectivity index (χ4n) is 0.306. The fraction of sp³-hybridized carbons (Fsp3) is 0.333. The summed E-state index contributed by atoms with van der Waals surface area (Å²) < 4.78 is 4.41. The number of carbonyl (C=O) groups is 1. The smallest absolute Gasteiger partial charge is 0.333 e. The van der Waals surface area contributed by atoms with Crippen LogP contribution in [-0.4, -0.2) is 17.7 Å². The first-order valence-electron chi connectivity index (χ1n) is 2.65. The molecule has 0 aromatic heterocycles. The Kier molecular flexibility index (Phi) is 4.79. The number of esters is 1. The minimum absolute atomic E-state index is 0.0691. The van der Waals surface area contributed by atoms with Crippen LogP contribution in [0.3, 0.4) is 0 Å². The largest absolute Gasteiger partial charge is 0.515 e. The molecule has 0 fully saturated rings. The average Bonchev–Trinajstić information content (AvgIpc) is 1.89. The number of aliphatic hydroxyl groups is 1. The molecule has 4 nitrogen and oxygen atoms in total. The Morgan fingerprint density at radius 2 is 2.50 bits per heavy atom. The molecule has 4 heteroatoms. The maximum atomic E-state index is 10.3. The van der Waals surface area contributed by atoms with Crippen LogP contribution in [0.25, 0.3) is 0 Å². The van der Waals surface area contributed by atoms with Gasteiger partial charge in [0, 0.05) is 0 Å². The van der Waals surface area contributed by atoms with Crippen molar-refractivity contribution >= 4 is 5.97 Å². The van der Waals surface area contributed by atoms with E-state index in [1.807, 2.05) is 0 Å². The number of rotatable bonds is 3. The number of aliphatic hydroxyl groups excluding tert-OH is 1. The first kappa shape index (κ1) is 8.50. The van der Waals surface area contributed by atoms with Crippen LogP contribution in [0.2, 0.25) is 0 Å². The van der Waals surface area contributed by atoms with Crippen LogP contribution in [0.5, 0.6) is 0 Å². The summed E-state index contributed by atoms with van der Waals surface area (Å²) >= 11 is 0. The molecular weight excluding hydrogens is 134 g/mol. The highest BCUT2D eigenvalue weighted by Crippen LogP contribution is 1.82. The standard InChI is InChI=1S/C6H7NO3/c7-3-1-5-10-6(9)2-4-8/h2,4,8H,1,5H2. The molecule has 54 valence electrons. The number of hydrogen-bond donors (Lipinski definition) is 1. The lowest BCUT2D eigenvalue weighted by Crippen LogP contribution is -2.01. The Bertz CT molecular complexity index is 168. The van der Waals surface area contributed by atoms with Crippen LogP contribution < -0.4 is 0 Å². The van der Waals surface area contributed by atoms with E-state index in [1.54, 1.807) is 6.07 Å². The number of hydrogen-bond acceptors (Lipinski definition) is 4. The molecule has 0 radical (unpaired) electrons. The van der Waals surface area contributed by atoms with Gasteiger partial charge in [0.05, 0.1) is 24.8 Å². The maximum absolute atomic E-state index is 10.3. The molecule has 0 unspecified atom stereocenters. The van der Waals surface area contributed by atoms with Crippen LogP contribution >= 0.6 is 0 Å². The predicted octanol–water partition coefficient (Wildman–Crippen LogP) is 0.515. The molecule has 0 aromatic rings. The van der Waals surface area contributed by atoms with E-state index in [0.29, 0.717) is 6.26 Å². The zero-order valence-corrected chi connectivity index (χ0v) is 5.28. The lowest BCUT2D eigenvalue weighted by Gasteiger charge is -1.94. The number of nitrogens with zero attached hydrogens (tertiary/aromatic N) is 1. The first-order chi connectivity index (χ1) is 4.81. The maximum Gasteiger partial charge on any atom is 0.333 e. The summed E-state index contributed by atoms with van der Waals surface area (Å²) in [6.07, 6.45) is 1.64. The Hall–Kier alpha value is -1.50. The van der Waals surface area contributed by atoms with Gasteiger partial charge < -0.3 is 9.84 Å². The summed E-state index contributed by atoms with van der Waals surface area (Å²) in [5.41, 5.74) is 0. The third-order valence-corrected chi connectivity index (χ3v) is 0.669. The highest BCUT2D eigenvalue weighted by atomic mass is 16.5. The highest BCUT2D eigenvalue weighted by molar-refractivity contribution is 5.81. The third-order valence-electron chi connectivity index (χ3n) is 0.669. The Balaban J connectivity index is 3.33. The summed E-state index contributed by atoms with van der Waals surface area (Å²) in [6.45, 7) is 0.0691. The Morgan fingerprint density at radius 3 is 3.00 bits per heavy atom. The van der Waals surface area contributed by atoms with Crippen molar-refractivity contribution in [2.45, 2.75) is 6.42 Å². The van der Waals surface area contributed by atoms with Gasteiger partial charge in [0.2, 0.25) is 0 Å². The van der Waals surface area contributed by atoms with E-state index in [-0.39, 0.29) is 13.0 Å². The average molecular weight is 141 g/mol. The van der Waals surface area contributed by atoms with E-state index < -0.39 is 5.97 Å². The van der Waals surface area contributed by atoms with Gasteiger partial charge in [0.15, 0.2) is 0 Å². The highest BCUT2D eigenvalue weighted by Gasteiger charge is 1.93. The third kappa shape index (κ3) is 4.65. The molecule has 10 heavy (non-hydrogen) atoms. The molecule has 0 spiro atoms. The molecule has 0 aliphatic rings. The Labute approximate surface area is 58.3 Å². The van der Waals surface area contributed by atoms with Gasteiger partial charge in [-0.15, -0.1) is 0 Å². The molecule has 0 bridgehead atoms. The van der Waals surface area contributed by atoms with Gasteiger partial charge >= 0.3 is 5.97 Å². The van der Waals surface area contributed by atoms with E-state index in [2.05, 4.69) is 4.74 Å². The normalized spacial score (nSPS) is 9.10. The molecule has 0 amide bonds. The molecule has 0 saturated carbocycles. The lowest BCUT2D eigenvalue weighted by molar-refractivity contribution is -0.137. The summed E-state index contributed by atoms with van der Waals surface area (Å²) in [5, 5.41) is 16.0. The Morgan fingerprint density at radius 1 is 1.80 bits per heavy atom. The molecular formula is C6H7NO3. The van der Waals surface area contributed by atoms with E-state index in [4.69, 9.17) is 10.4 Å². The zero-order valence-electron chi connectivity index (χ0n) is 5.28. The van der Waals surface area contributed by atoms with Crippen molar-refractivity contribution in [1.29, 1.82) is 5.26 Å². The summed E-state index contributed by atoms with van der Waals surface area (Å²) in [6, 6.07) is 1.80. The molecule has 0 heterocycles. The zero-order chi connectivity index (χ0) is 7.82. The second-order valence-electron chi connectivity index (χ2n) is 1.39. The molecule has 0 aliphatic heterocycles. The van der Waals surface area contributed by atoms with Gasteiger partial charge in [-0.1, -0.05) is 0 Å². The summed E-state index contributed by atoms with van der Waals surface area (Å²) in [5.74, 6) is -0.641. The van der Waals surface area contributed by atoms with Gasteiger partial charge in [-0.2, -0.15) is 5.26 Å². The van der Waals surface area contributed by atoms with Gasteiger partial charge in [0.25, 0.3) is 0 Å². The van der Waals surface area contributed by atoms with Crippen molar-refractivity contribution in [3.05, 3.63) is 12.3 Å². The van der Waals surface area contributed by atoms with Gasteiger partial charge in [-0.3, -0.25) is 0 Å². The van der Waals surface area contributed by atoms with Crippen LogP contribution in [0.4, 0.5) is 0 Å². The van der Waals surface area contributed by atoms with Crippen molar-refractivity contribution in [3.8, 4) is 6.07 Å².